The van der Waals surface area contributed by atoms with E-state index in [1.165, 1.54) is 6.92 Å². The Kier molecular flexibility index (Phi) is 4.90. The van der Waals surface area contributed by atoms with Crippen LogP contribution < -0.4 is 11.3 Å². The van der Waals surface area contributed by atoms with Gasteiger partial charge in [0.1, 0.15) is 17.9 Å². The van der Waals surface area contributed by atoms with Gasteiger partial charge in [-0.05, 0) is 27.7 Å². The van der Waals surface area contributed by atoms with Gasteiger partial charge in [-0.15, -0.1) is 0 Å². The lowest BCUT2D eigenvalue weighted by molar-refractivity contribution is -0.114. The minimum absolute atomic E-state index is 0.0647. The molecule has 0 bridgehead atoms. The monoisotopic (exact) mass is 231 g/mol. The molecule has 0 heterocycles. The number of rotatable bonds is 3. The fraction of sp³-hybridized carbons (Fsp3) is 0.667. The lowest BCUT2D eigenvalue weighted by atomic mass is 10.2. The molecule has 0 unspecified atom stereocenters. The van der Waals surface area contributed by atoms with Crippen LogP contribution in [0.15, 0.2) is 5.16 Å². The molecule has 0 saturated heterocycles. The maximum atomic E-state index is 11.4. The molecule has 0 radical (unpaired) electrons. The minimum Gasteiger partial charge on any atom is -0.443 e. The summed E-state index contributed by atoms with van der Waals surface area (Å²) in [6.45, 7) is 6.62. The van der Waals surface area contributed by atoms with Gasteiger partial charge in [-0.25, -0.2) is 15.6 Å². The van der Waals surface area contributed by atoms with E-state index in [0.717, 1.165) is 5.01 Å². The Hall–Kier alpha value is -1.63. The molecular weight excluding hydrogens is 212 g/mol. The highest BCUT2D eigenvalue weighted by Gasteiger charge is 2.23. The van der Waals surface area contributed by atoms with Crippen LogP contribution in [0.1, 0.15) is 27.7 Å². The first-order valence-electron chi connectivity index (χ1n) is 4.73. The summed E-state index contributed by atoms with van der Waals surface area (Å²) >= 11 is 0. The van der Waals surface area contributed by atoms with E-state index in [9.17, 15) is 4.79 Å². The average Bonchev–Trinajstić information content (AvgIpc) is 2.13. The molecule has 5 N–H and O–H groups in total. The summed E-state index contributed by atoms with van der Waals surface area (Å²) in [5.41, 5.74) is -0.223. The molecule has 7 heteroatoms. The van der Waals surface area contributed by atoms with Gasteiger partial charge in [0.2, 0.25) is 5.71 Å². The lowest BCUT2D eigenvalue weighted by Crippen LogP contribution is -2.54. The number of ether oxygens (including phenoxy) is 1. The third kappa shape index (κ3) is 5.30. The molecule has 0 aromatic rings. The highest BCUT2D eigenvalue weighted by atomic mass is 16.6. The Labute approximate surface area is 94.3 Å². The van der Waals surface area contributed by atoms with Gasteiger partial charge >= 0.3 is 6.09 Å². The van der Waals surface area contributed by atoms with E-state index in [-0.39, 0.29) is 18.0 Å². The Morgan fingerprint density at radius 2 is 2.06 bits per heavy atom. The van der Waals surface area contributed by atoms with Crippen molar-refractivity contribution in [2.75, 3.05) is 6.54 Å². The van der Waals surface area contributed by atoms with Crippen molar-refractivity contribution in [2.24, 2.45) is 11.0 Å². The first-order valence-corrected chi connectivity index (χ1v) is 4.73. The molecule has 0 rings (SSSR count). The molecule has 0 saturated carbocycles. The van der Waals surface area contributed by atoms with Crippen LogP contribution >= 0.6 is 0 Å². The predicted molar refractivity (Wildman–Crippen MR) is 59.0 cm³/mol. The topological polar surface area (TPSA) is 114 Å². The number of nitrogens with two attached hydrogens (primary N) is 2. The van der Waals surface area contributed by atoms with Crippen LogP contribution in [0.2, 0.25) is 0 Å². The predicted octanol–water partition coefficient (Wildman–Crippen LogP) is -0.853. The summed E-state index contributed by atoms with van der Waals surface area (Å²) in [5.74, 6) is 5.44. The average molecular weight is 231 g/mol. The van der Waals surface area contributed by atoms with Crippen LogP contribution in [0.5, 0.6) is 0 Å². The zero-order chi connectivity index (χ0) is 12.9. The number of hydrazine groups is 1. The molecule has 0 aromatic heterocycles. The Morgan fingerprint density at radius 1 is 1.56 bits per heavy atom. The van der Waals surface area contributed by atoms with Crippen molar-refractivity contribution in [3.05, 3.63) is 0 Å². The molecule has 16 heavy (non-hydrogen) atoms. The van der Waals surface area contributed by atoms with Crippen molar-refractivity contribution in [2.45, 2.75) is 33.3 Å². The van der Waals surface area contributed by atoms with Gasteiger partial charge in [-0.1, -0.05) is 5.16 Å². The Balaban J connectivity index is 4.32. The number of carbonyl (C=O) groups excluding carboxylic acids is 1. The first kappa shape index (κ1) is 14.4. The van der Waals surface area contributed by atoms with E-state index in [1.807, 2.05) is 0 Å². The quantitative estimate of drug-likeness (QED) is 0.193. The van der Waals surface area contributed by atoms with Gasteiger partial charge in [-0.3, -0.25) is 5.41 Å². The van der Waals surface area contributed by atoms with E-state index >= 15 is 0 Å². The molecule has 7 nitrogen and oxygen atoms in total. The number of nitrogens with zero attached hydrogens (tertiary/aromatic N) is 2. The summed E-state index contributed by atoms with van der Waals surface area (Å²) < 4.78 is 5.00. The van der Waals surface area contributed by atoms with Gasteiger partial charge in [0.25, 0.3) is 0 Å². The van der Waals surface area contributed by atoms with Crippen LogP contribution in [0, 0.1) is 0 Å². The van der Waals surface area contributed by atoms with Gasteiger partial charge < -0.3 is 9.94 Å². The van der Waals surface area contributed by atoms with Crippen LogP contribution in [-0.4, -0.2) is 39.9 Å². The standard InChI is InChI=1S/C9H18N4O3/c1-6(12-15)7(10)5-13(11)8(14)16-9(2,3)4/h10,15H,5,11H2,1-4H3/p+1/b10-7?,12-6-. The van der Waals surface area contributed by atoms with Gasteiger partial charge in [0.05, 0.1) is 0 Å². The van der Waals surface area contributed by atoms with Crippen LogP contribution in [-0.2, 0) is 4.74 Å². The maximum absolute atomic E-state index is 11.4. The summed E-state index contributed by atoms with van der Waals surface area (Å²) in [6.07, 6.45) is -0.693. The fourth-order valence-electron chi connectivity index (χ4n) is 0.747. The minimum atomic E-state index is -0.693. The van der Waals surface area contributed by atoms with Crippen molar-refractivity contribution in [3.63, 3.8) is 0 Å². The van der Waals surface area contributed by atoms with E-state index in [0.29, 0.717) is 0 Å². The van der Waals surface area contributed by atoms with E-state index in [2.05, 4.69) is 5.16 Å². The van der Waals surface area contributed by atoms with E-state index in [1.54, 1.807) is 20.8 Å². The van der Waals surface area contributed by atoms with Crippen LogP contribution in [0.25, 0.3) is 0 Å². The maximum Gasteiger partial charge on any atom is 0.425 e. The number of hydrogen-bond acceptors (Lipinski definition) is 5. The van der Waals surface area contributed by atoms with Crippen molar-refractivity contribution in [1.29, 1.82) is 0 Å². The second-order valence-corrected chi connectivity index (χ2v) is 4.32. The second-order valence-electron chi connectivity index (χ2n) is 4.32. The second kappa shape index (κ2) is 5.45. The first-order chi connectivity index (χ1) is 7.17. The smallest absolute Gasteiger partial charge is 0.425 e. The zero-order valence-electron chi connectivity index (χ0n) is 10.0. The molecule has 0 aromatic carbocycles. The summed E-state index contributed by atoms with van der Waals surface area (Å²) in [5, 5.41) is 17.7. The number of oxime groups is 1. The largest absolute Gasteiger partial charge is 0.443 e. The Bertz CT molecular complexity index is 306. The summed E-state index contributed by atoms with van der Waals surface area (Å²) in [4.78, 5) is 11.4. The molecule has 92 valence electrons. The van der Waals surface area contributed by atoms with Crippen LogP contribution in [0.4, 0.5) is 4.79 Å². The number of hydrogen-bond donors (Lipinski definition) is 3. The number of carbonyl (C=O) groups is 1. The van der Waals surface area contributed by atoms with Gasteiger partial charge in [0.15, 0.2) is 0 Å². The molecule has 0 fully saturated rings. The summed E-state index contributed by atoms with van der Waals surface area (Å²) in [7, 11) is 0. The number of amides is 1. The van der Waals surface area contributed by atoms with E-state index in [4.69, 9.17) is 21.2 Å². The van der Waals surface area contributed by atoms with Crippen LogP contribution in [0.3, 0.4) is 0 Å². The van der Waals surface area contributed by atoms with Crippen molar-refractivity contribution in [1.82, 2.24) is 5.01 Å². The van der Waals surface area contributed by atoms with Gasteiger partial charge in [-0.2, -0.15) is 0 Å². The zero-order valence-corrected chi connectivity index (χ0v) is 10.0. The molecule has 0 aliphatic heterocycles. The Morgan fingerprint density at radius 3 is 2.44 bits per heavy atom. The third-order valence-corrected chi connectivity index (χ3v) is 1.58. The SMILES string of the molecule is C/C(=N/O)C(=[NH2+])CN(N)C(=O)OC(C)(C)C. The molecular formula is C9H19N4O3+. The molecule has 1 amide bonds. The van der Waals surface area contributed by atoms with E-state index < -0.39 is 11.7 Å². The lowest BCUT2D eigenvalue weighted by Gasteiger charge is -2.23. The molecule has 0 aliphatic carbocycles. The third-order valence-electron chi connectivity index (χ3n) is 1.58. The van der Waals surface area contributed by atoms with Gasteiger partial charge in [0, 0.05) is 0 Å². The van der Waals surface area contributed by atoms with Crippen molar-refractivity contribution in [3.8, 4) is 0 Å². The van der Waals surface area contributed by atoms with Crippen molar-refractivity contribution < 1.29 is 20.1 Å². The molecule has 0 aliphatic rings. The molecule has 0 spiro atoms. The highest BCUT2D eigenvalue weighted by Crippen LogP contribution is 2.08. The highest BCUT2D eigenvalue weighted by molar-refractivity contribution is 6.39. The fourth-order valence-corrected chi connectivity index (χ4v) is 0.747. The summed E-state index contributed by atoms with van der Waals surface area (Å²) in [6, 6.07) is 0. The van der Waals surface area contributed by atoms with Crippen molar-refractivity contribution >= 4 is 17.5 Å². The normalized spacial score (nSPS) is 12.2. The molecule has 0 atom stereocenters.